The highest BCUT2D eigenvalue weighted by Gasteiger charge is 2.20. The van der Waals surface area contributed by atoms with Crippen molar-refractivity contribution in [3.05, 3.63) is 209 Å². The van der Waals surface area contributed by atoms with Crippen LogP contribution in [-0.4, -0.2) is 51.3 Å². The highest BCUT2D eigenvalue weighted by molar-refractivity contribution is 5.84. The average Bonchev–Trinajstić information content (AvgIpc) is 3.27. The molecule has 56 heavy (non-hydrogen) atoms. The van der Waals surface area contributed by atoms with Gasteiger partial charge in [0.2, 0.25) is 0 Å². The number of esters is 1. The van der Waals surface area contributed by atoms with E-state index in [1.807, 2.05) is 30.3 Å². The van der Waals surface area contributed by atoms with Gasteiger partial charge in [-0.25, -0.2) is 0 Å². The molecule has 0 saturated heterocycles. The SMILES string of the molecule is COC(=O)CN(C/C=C(/c1ccccc1)c1ccc(-c2cccc(/C(=C/CNC[C@H](C)c3ccccc3)c3ccccc3)c2)cc1)[C@H](C)c1ccc(OC)cc1. The summed E-state index contributed by atoms with van der Waals surface area (Å²) in [6, 6.07) is 57.3. The molecule has 0 aliphatic rings. The van der Waals surface area contributed by atoms with Crippen LogP contribution in [0, 0.1) is 0 Å². The maximum atomic E-state index is 12.6. The van der Waals surface area contributed by atoms with Crippen LogP contribution in [0.25, 0.3) is 22.3 Å². The summed E-state index contributed by atoms with van der Waals surface area (Å²) in [6.45, 7) is 6.77. The molecular weight excluding hydrogens is 689 g/mol. The Hall–Kier alpha value is -6.01. The molecule has 0 spiro atoms. The normalized spacial score (nSPS) is 12.9. The van der Waals surface area contributed by atoms with Crippen molar-refractivity contribution in [3.63, 3.8) is 0 Å². The molecule has 0 bridgehead atoms. The molecule has 0 saturated carbocycles. The predicted octanol–water partition coefficient (Wildman–Crippen LogP) is 10.9. The lowest BCUT2D eigenvalue weighted by Gasteiger charge is -2.28. The second-order valence-electron chi connectivity index (χ2n) is 14.1. The van der Waals surface area contributed by atoms with E-state index in [-0.39, 0.29) is 18.6 Å². The average molecular weight is 741 g/mol. The molecule has 0 amide bonds. The Morgan fingerprint density at radius 3 is 1.79 bits per heavy atom. The summed E-state index contributed by atoms with van der Waals surface area (Å²) in [5.74, 6) is 0.952. The first-order chi connectivity index (χ1) is 27.4. The fourth-order valence-corrected chi connectivity index (χ4v) is 7.01. The summed E-state index contributed by atoms with van der Waals surface area (Å²) in [4.78, 5) is 14.7. The van der Waals surface area contributed by atoms with Crippen molar-refractivity contribution in [2.75, 3.05) is 40.4 Å². The first-order valence-corrected chi connectivity index (χ1v) is 19.4. The molecule has 0 heterocycles. The van der Waals surface area contributed by atoms with Gasteiger partial charge in [-0.15, -0.1) is 0 Å². The van der Waals surface area contributed by atoms with Crippen LogP contribution in [0.5, 0.6) is 5.75 Å². The van der Waals surface area contributed by atoms with Crippen LogP contribution in [0.3, 0.4) is 0 Å². The third-order valence-corrected chi connectivity index (χ3v) is 10.4. The van der Waals surface area contributed by atoms with Crippen molar-refractivity contribution < 1.29 is 14.3 Å². The molecule has 0 aliphatic heterocycles. The van der Waals surface area contributed by atoms with Crippen LogP contribution < -0.4 is 10.1 Å². The van der Waals surface area contributed by atoms with Crippen molar-refractivity contribution in [1.82, 2.24) is 10.2 Å². The van der Waals surface area contributed by atoms with Gasteiger partial charge in [0.1, 0.15) is 5.75 Å². The van der Waals surface area contributed by atoms with E-state index in [1.54, 1.807) is 7.11 Å². The molecule has 0 aliphatic carbocycles. The summed E-state index contributed by atoms with van der Waals surface area (Å²) in [7, 11) is 3.10. The standard InChI is InChI=1S/C51H52N2O3/c1-38(40-15-8-5-9-16-40)36-52-33-31-49(43-17-10-6-11-18-43)47-22-14-21-46(35-47)42-23-25-45(26-24-42)50(44-19-12-7-13-20-44)32-34-53(37-51(54)56-4)39(2)41-27-29-48(55-3)30-28-41/h5-32,35,38-39,52H,33-34,36-37H2,1-4H3/b49-31+,50-32-/t38-,39+/m0/s1. The molecule has 6 rings (SSSR count). The lowest BCUT2D eigenvalue weighted by atomic mass is 9.92. The first kappa shape index (κ1) is 39.7. The van der Waals surface area contributed by atoms with Crippen LogP contribution in [0.1, 0.15) is 59.2 Å². The Bertz CT molecular complexity index is 2180. The molecular formula is C51H52N2O3. The predicted molar refractivity (Wildman–Crippen MR) is 232 cm³/mol. The number of carbonyl (C=O) groups excluding carboxylic acids is 1. The number of hydrogen-bond acceptors (Lipinski definition) is 5. The van der Waals surface area contributed by atoms with Gasteiger partial charge in [0.05, 0.1) is 20.8 Å². The minimum absolute atomic E-state index is 0.0357. The number of nitrogens with zero attached hydrogens (tertiary/aromatic N) is 1. The van der Waals surface area contributed by atoms with Crippen molar-refractivity contribution in [3.8, 4) is 16.9 Å². The Balaban J connectivity index is 1.25. The van der Waals surface area contributed by atoms with Crippen LogP contribution in [0.4, 0.5) is 0 Å². The Morgan fingerprint density at radius 1 is 0.607 bits per heavy atom. The minimum atomic E-state index is -0.272. The summed E-state index contributed by atoms with van der Waals surface area (Å²) in [5, 5.41) is 3.67. The number of carbonyl (C=O) groups is 1. The van der Waals surface area contributed by atoms with Crippen molar-refractivity contribution >= 4 is 17.1 Å². The van der Waals surface area contributed by atoms with E-state index in [9.17, 15) is 4.79 Å². The molecule has 0 unspecified atom stereocenters. The molecule has 5 nitrogen and oxygen atoms in total. The van der Waals surface area contributed by atoms with Crippen LogP contribution >= 0.6 is 0 Å². The molecule has 6 aromatic rings. The molecule has 6 aromatic carbocycles. The van der Waals surface area contributed by atoms with Gasteiger partial charge in [-0.1, -0.05) is 165 Å². The van der Waals surface area contributed by atoms with Crippen LogP contribution in [-0.2, 0) is 9.53 Å². The third-order valence-electron chi connectivity index (χ3n) is 10.4. The Kier molecular flexibility index (Phi) is 14.2. The van der Waals surface area contributed by atoms with Crippen molar-refractivity contribution in [2.45, 2.75) is 25.8 Å². The second kappa shape index (κ2) is 20.1. The zero-order chi connectivity index (χ0) is 39.1. The summed E-state index contributed by atoms with van der Waals surface area (Å²) >= 11 is 0. The Labute approximate surface area is 333 Å². The third kappa shape index (κ3) is 10.6. The number of nitrogens with one attached hydrogen (secondary N) is 1. The zero-order valence-corrected chi connectivity index (χ0v) is 32.9. The maximum absolute atomic E-state index is 12.6. The van der Waals surface area contributed by atoms with Gasteiger partial charge in [-0.05, 0) is 86.7 Å². The largest absolute Gasteiger partial charge is 0.497 e. The molecule has 284 valence electrons. The molecule has 0 aromatic heterocycles. The van der Waals surface area contributed by atoms with Gasteiger partial charge in [0, 0.05) is 25.7 Å². The first-order valence-electron chi connectivity index (χ1n) is 19.4. The number of rotatable bonds is 17. The lowest BCUT2D eigenvalue weighted by molar-refractivity contribution is -0.142. The van der Waals surface area contributed by atoms with Gasteiger partial charge in [0.25, 0.3) is 0 Å². The van der Waals surface area contributed by atoms with E-state index in [2.05, 4.69) is 170 Å². The van der Waals surface area contributed by atoms with E-state index < -0.39 is 0 Å². The van der Waals surface area contributed by atoms with E-state index in [4.69, 9.17) is 9.47 Å². The fourth-order valence-electron chi connectivity index (χ4n) is 7.01. The van der Waals surface area contributed by atoms with Crippen molar-refractivity contribution in [2.24, 2.45) is 0 Å². The number of methoxy groups -OCH3 is 2. The van der Waals surface area contributed by atoms with Crippen molar-refractivity contribution in [1.29, 1.82) is 0 Å². The molecule has 5 heteroatoms. The highest BCUT2D eigenvalue weighted by Crippen LogP contribution is 2.31. The van der Waals surface area contributed by atoms with E-state index in [1.165, 1.54) is 29.4 Å². The highest BCUT2D eigenvalue weighted by atomic mass is 16.5. The summed E-state index contributed by atoms with van der Waals surface area (Å²) in [6.07, 6.45) is 4.53. The lowest BCUT2D eigenvalue weighted by Crippen LogP contribution is -2.33. The van der Waals surface area contributed by atoms with Gasteiger partial charge in [-0.2, -0.15) is 0 Å². The van der Waals surface area contributed by atoms with Gasteiger partial charge < -0.3 is 14.8 Å². The van der Waals surface area contributed by atoms with Crippen LogP contribution in [0.2, 0.25) is 0 Å². The molecule has 1 N–H and O–H groups in total. The van der Waals surface area contributed by atoms with E-state index >= 15 is 0 Å². The number of hydrogen-bond donors (Lipinski definition) is 1. The van der Waals surface area contributed by atoms with Gasteiger partial charge >= 0.3 is 5.97 Å². The second-order valence-corrected chi connectivity index (χ2v) is 14.1. The Morgan fingerprint density at radius 2 is 1.18 bits per heavy atom. The molecule has 2 atom stereocenters. The van der Waals surface area contributed by atoms with E-state index in [0.717, 1.165) is 52.2 Å². The molecule has 0 fully saturated rings. The summed E-state index contributed by atoms with van der Waals surface area (Å²) < 4.78 is 10.5. The topological polar surface area (TPSA) is 50.8 Å². The fraction of sp³-hybridized carbons (Fsp3) is 0.196. The van der Waals surface area contributed by atoms with Gasteiger partial charge in [0.15, 0.2) is 0 Å². The monoisotopic (exact) mass is 740 g/mol. The number of benzene rings is 6. The minimum Gasteiger partial charge on any atom is -0.497 e. The quantitative estimate of drug-likeness (QED) is 0.0745. The smallest absolute Gasteiger partial charge is 0.319 e. The zero-order valence-electron chi connectivity index (χ0n) is 32.9. The maximum Gasteiger partial charge on any atom is 0.319 e. The van der Waals surface area contributed by atoms with Gasteiger partial charge in [-0.3, -0.25) is 9.69 Å². The summed E-state index contributed by atoms with van der Waals surface area (Å²) in [5.41, 5.74) is 11.6. The number of ether oxygens (including phenoxy) is 2. The van der Waals surface area contributed by atoms with E-state index in [0.29, 0.717) is 12.5 Å². The molecule has 0 radical (unpaired) electrons. The van der Waals surface area contributed by atoms with Crippen LogP contribution in [0.15, 0.2) is 176 Å².